The van der Waals surface area contributed by atoms with Crippen LogP contribution in [0.2, 0.25) is 5.02 Å². The molecule has 0 saturated heterocycles. The van der Waals surface area contributed by atoms with E-state index in [9.17, 15) is 22.8 Å². The van der Waals surface area contributed by atoms with Crippen molar-refractivity contribution < 1.29 is 22.8 Å². The molecule has 8 nitrogen and oxygen atoms in total. The Kier molecular flexibility index (Phi) is 12.5. The first-order chi connectivity index (χ1) is 19.6. The molecular formula is C30H40ClN3O5S2. The second kappa shape index (κ2) is 15.6. The summed E-state index contributed by atoms with van der Waals surface area (Å²) in [5.41, 5.74) is 1.61. The molecule has 2 aromatic rings. The molecule has 1 atom stereocenters. The van der Waals surface area contributed by atoms with E-state index in [0.29, 0.717) is 60.3 Å². The van der Waals surface area contributed by atoms with Crippen molar-refractivity contribution in [2.45, 2.75) is 70.2 Å². The zero-order valence-corrected chi connectivity index (χ0v) is 26.2. The van der Waals surface area contributed by atoms with Gasteiger partial charge in [-0.15, -0.1) is 0 Å². The molecule has 0 heterocycles. The third-order valence-corrected chi connectivity index (χ3v) is 9.60. The third-order valence-electron chi connectivity index (χ3n) is 7.40. The highest BCUT2D eigenvalue weighted by atomic mass is 35.5. The minimum Gasteiger partial charge on any atom is -0.354 e. The van der Waals surface area contributed by atoms with E-state index in [1.54, 1.807) is 41.3 Å². The van der Waals surface area contributed by atoms with Crippen LogP contribution < -0.4 is 10.0 Å². The Labute approximate surface area is 254 Å². The number of carbonyl (C=O) groups is 3. The van der Waals surface area contributed by atoms with Gasteiger partial charge in [0.25, 0.3) is 10.0 Å². The Balaban J connectivity index is 1.74. The predicted octanol–water partition coefficient (Wildman–Crippen LogP) is 5.20. The van der Waals surface area contributed by atoms with Gasteiger partial charge in [0.15, 0.2) is 0 Å². The summed E-state index contributed by atoms with van der Waals surface area (Å²) in [6.45, 7) is 4.06. The summed E-state index contributed by atoms with van der Waals surface area (Å²) in [5, 5.41) is 3.34. The molecule has 224 valence electrons. The first kappa shape index (κ1) is 32.9. The number of rotatable bonds is 13. The molecule has 0 unspecified atom stereocenters. The van der Waals surface area contributed by atoms with Gasteiger partial charge in [0.2, 0.25) is 17.7 Å². The quantitative estimate of drug-likeness (QED) is 0.266. The number of nitrogens with one attached hydrogen (secondary N) is 2. The van der Waals surface area contributed by atoms with Crippen LogP contribution in [0.5, 0.6) is 0 Å². The molecule has 0 bridgehead atoms. The molecule has 11 heteroatoms. The van der Waals surface area contributed by atoms with Crippen LogP contribution in [0.3, 0.4) is 0 Å². The molecule has 41 heavy (non-hydrogen) atoms. The Bertz CT molecular complexity index is 1330. The number of thiol groups is 1. The molecular weight excluding hydrogens is 582 g/mol. The van der Waals surface area contributed by atoms with Crippen LogP contribution >= 0.6 is 24.2 Å². The van der Waals surface area contributed by atoms with Crippen molar-refractivity contribution in [2.75, 3.05) is 18.8 Å². The SMILES string of the molecule is CCCC(=O)N(CCNC(=O)[C@@H](CS)C1CCCCC1)Cc1ccc(-c2ccccc2S(=O)(=O)NC(C)=O)c(Cl)c1. The van der Waals surface area contributed by atoms with Gasteiger partial charge in [-0.05, 0) is 42.9 Å². The summed E-state index contributed by atoms with van der Waals surface area (Å²) in [5.74, 6) is 0.0288. The number of nitrogens with zero attached hydrogens (tertiary/aromatic N) is 1. The van der Waals surface area contributed by atoms with E-state index in [0.717, 1.165) is 38.2 Å². The van der Waals surface area contributed by atoms with E-state index < -0.39 is 15.9 Å². The van der Waals surface area contributed by atoms with Crippen molar-refractivity contribution in [2.24, 2.45) is 11.8 Å². The number of carbonyl (C=O) groups excluding carboxylic acids is 3. The number of amides is 3. The van der Waals surface area contributed by atoms with Gasteiger partial charge in [0.1, 0.15) is 0 Å². The summed E-state index contributed by atoms with van der Waals surface area (Å²) in [4.78, 5) is 39.0. The second-order valence-corrected chi connectivity index (χ2v) is 12.9. The Morgan fingerprint density at radius 1 is 1.07 bits per heavy atom. The van der Waals surface area contributed by atoms with E-state index >= 15 is 0 Å². The van der Waals surface area contributed by atoms with Crippen molar-refractivity contribution in [3.8, 4) is 11.1 Å². The highest BCUT2D eigenvalue weighted by Gasteiger charge is 2.28. The molecule has 0 spiro atoms. The van der Waals surface area contributed by atoms with Crippen LogP contribution in [0.15, 0.2) is 47.4 Å². The van der Waals surface area contributed by atoms with Crippen LogP contribution in [0.4, 0.5) is 0 Å². The number of benzene rings is 2. The van der Waals surface area contributed by atoms with Gasteiger partial charge in [-0.3, -0.25) is 14.4 Å². The lowest BCUT2D eigenvalue weighted by atomic mass is 9.80. The largest absolute Gasteiger partial charge is 0.354 e. The molecule has 0 aromatic heterocycles. The molecule has 0 aliphatic heterocycles. The zero-order valence-electron chi connectivity index (χ0n) is 23.7. The van der Waals surface area contributed by atoms with Crippen LogP contribution in [0, 0.1) is 11.8 Å². The smallest absolute Gasteiger partial charge is 0.264 e. The number of hydrogen-bond acceptors (Lipinski definition) is 6. The van der Waals surface area contributed by atoms with Crippen LogP contribution in [-0.2, 0) is 31.0 Å². The summed E-state index contributed by atoms with van der Waals surface area (Å²) in [6.07, 6.45) is 6.72. The van der Waals surface area contributed by atoms with Crippen molar-refractivity contribution in [3.63, 3.8) is 0 Å². The zero-order chi connectivity index (χ0) is 30.0. The molecule has 1 saturated carbocycles. The summed E-state index contributed by atoms with van der Waals surface area (Å²) < 4.78 is 27.5. The van der Waals surface area contributed by atoms with Crippen molar-refractivity contribution in [1.82, 2.24) is 14.9 Å². The molecule has 3 rings (SSSR count). The van der Waals surface area contributed by atoms with Gasteiger partial charge >= 0.3 is 0 Å². The second-order valence-electron chi connectivity index (χ2n) is 10.5. The maximum atomic E-state index is 12.9. The molecule has 3 amide bonds. The first-order valence-electron chi connectivity index (χ1n) is 14.1. The lowest BCUT2D eigenvalue weighted by Gasteiger charge is -2.29. The minimum atomic E-state index is -4.09. The number of hydrogen-bond donors (Lipinski definition) is 3. The maximum Gasteiger partial charge on any atom is 0.264 e. The summed E-state index contributed by atoms with van der Waals surface area (Å²) in [6, 6.07) is 11.5. The first-order valence-corrected chi connectivity index (χ1v) is 16.6. The van der Waals surface area contributed by atoms with Crippen molar-refractivity contribution in [3.05, 3.63) is 53.1 Å². The fourth-order valence-electron chi connectivity index (χ4n) is 5.36. The predicted molar refractivity (Wildman–Crippen MR) is 165 cm³/mol. The highest BCUT2D eigenvalue weighted by molar-refractivity contribution is 7.90. The van der Waals surface area contributed by atoms with E-state index in [1.165, 1.54) is 12.5 Å². The van der Waals surface area contributed by atoms with Gasteiger partial charge in [-0.2, -0.15) is 12.6 Å². The molecule has 2 aromatic carbocycles. The molecule has 0 radical (unpaired) electrons. The lowest BCUT2D eigenvalue weighted by molar-refractivity contribution is -0.132. The third kappa shape index (κ3) is 9.21. The molecule has 1 fully saturated rings. The number of sulfonamides is 1. The number of halogens is 1. The monoisotopic (exact) mass is 621 g/mol. The fraction of sp³-hybridized carbons (Fsp3) is 0.500. The van der Waals surface area contributed by atoms with E-state index in [1.807, 2.05) is 11.6 Å². The van der Waals surface area contributed by atoms with Crippen LogP contribution in [0.25, 0.3) is 11.1 Å². The Hall–Kier alpha value is -2.56. The molecule has 2 N–H and O–H groups in total. The van der Waals surface area contributed by atoms with E-state index in [2.05, 4.69) is 17.9 Å². The minimum absolute atomic E-state index is 0.00457. The highest BCUT2D eigenvalue weighted by Crippen LogP contribution is 2.34. The fourth-order valence-corrected chi connectivity index (χ4v) is 7.34. The average molecular weight is 622 g/mol. The van der Waals surface area contributed by atoms with E-state index in [4.69, 9.17) is 11.6 Å². The lowest BCUT2D eigenvalue weighted by Crippen LogP contribution is -2.42. The van der Waals surface area contributed by atoms with Crippen LogP contribution in [-0.4, -0.2) is 49.9 Å². The van der Waals surface area contributed by atoms with Gasteiger partial charge in [0.05, 0.1) is 4.90 Å². The van der Waals surface area contributed by atoms with Crippen molar-refractivity contribution >= 4 is 52.0 Å². The van der Waals surface area contributed by atoms with E-state index in [-0.39, 0.29) is 22.6 Å². The maximum absolute atomic E-state index is 12.9. The Morgan fingerprint density at radius 2 is 1.78 bits per heavy atom. The van der Waals surface area contributed by atoms with Gasteiger partial charge in [-0.1, -0.05) is 68.1 Å². The molecule has 1 aliphatic carbocycles. The standard InChI is InChI=1S/C30H40ClN3O5S2/c1-3-9-29(36)34(17-16-32-30(37)26(20-40)23-10-5-4-6-11-23)19-22-14-15-24(27(31)18-22)25-12-7-8-13-28(25)41(38,39)33-21(2)35/h7-8,12-15,18,23,26,40H,3-6,9-11,16-17,19-20H2,1-2H3,(H,32,37)(H,33,35)/t26-/m0/s1. The van der Waals surface area contributed by atoms with Gasteiger partial charge < -0.3 is 10.2 Å². The summed E-state index contributed by atoms with van der Waals surface area (Å²) >= 11 is 11.1. The van der Waals surface area contributed by atoms with Crippen molar-refractivity contribution in [1.29, 1.82) is 0 Å². The molecule has 1 aliphatic rings. The van der Waals surface area contributed by atoms with Crippen LogP contribution in [0.1, 0.15) is 64.4 Å². The Morgan fingerprint density at radius 3 is 2.41 bits per heavy atom. The average Bonchev–Trinajstić information content (AvgIpc) is 2.93. The van der Waals surface area contributed by atoms with Gasteiger partial charge in [-0.25, -0.2) is 13.1 Å². The van der Waals surface area contributed by atoms with Gasteiger partial charge in [0, 0.05) is 60.8 Å². The topological polar surface area (TPSA) is 113 Å². The normalized spacial score (nSPS) is 14.7. The summed E-state index contributed by atoms with van der Waals surface area (Å²) in [7, 11) is -4.09.